The Labute approximate surface area is 101 Å². The predicted molar refractivity (Wildman–Crippen MR) is 68.4 cm³/mol. The monoisotopic (exact) mass is 231 g/mol. The van der Waals surface area contributed by atoms with E-state index in [1.165, 1.54) is 0 Å². The van der Waals surface area contributed by atoms with E-state index in [1.54, 1.807) is 19.1 Å². The van der Waals surface area contributed by atoms with Gasteiger partial charge in [0.2, 0.25) is 0 Å². The summed E-state index contributed by atoms with van der Waals surface area (Å²) in [4.78, 5) is 11.2. The molecule has 1 aromatic heterocycles. The summed E-state index contributed by atoms with van der Waals surface area (Å²) in [7, 11) is 0. The fraction of sp³-hybridized carbons (Fsp3) is 0.357. The van der Waals surface area contributed by atoms with Crippen molar-refractivity contribution in [1.29, 1.82) is 0 Å². The molecule has 1 heterocycles. The van der Waals surface area contributed by atoms with Crippen molar-refractivity contribution in [3.8, 4) is 5.75 Å². The zero-order valence-electron chi connectivity index (χ0n) is 10.4. The quantitative estimate of drug-likeness (QED) is 0.882. The Balaban J connectivity index is 2.66. The topological polar surface area (TPSA) is 42.2 Å². The number of rotatable bonds is 3. The smallest absolute Gasteiger partial charge is 0.134 e. The lowest BCUT2D eigenvalue weighted by molar-refractivity contribution is -0.116. The number of aromatic nitrogens is 1. The minimum atomic E-state index is 0.135. The number of carbonyl (C=O) groups is 1. The van der Waals surface area contributed by atoms with Crippen LogP contribution in [0.3, 0.4) is 0 Å². The highest BCUT2D eigenvalue weighted by molar-refractivity contribution is 5.90. The Morgan fingerprint density at radius 1 is 1.41 bits per heavy atom. The van der Waals surface area contributed by atoms with Crippen molar-refractivity contribution in [2.45, 2.75) is 33.2 Å². The Morgan fingerprint density at radius 3 is 2.71 bits per heavy atom. The van der Waals surface area contributed by atoms with Crippen LogP contribution < -0.4 is 0 Å². The molecular weight excluding hydrogens is 214 g/mol. The van der Waals surface area contributed by atoms with Gasteiger partial charge in [0.1, 0.15) is 11.5 Å². The van der Waals surface area contributed by atoms with Crippen molar-refractivity contribution in [2.75, 3.05) is 0 Å². The maximum atomic E-state index is 11.2. The average molecular weight is 231 g/mol. The molecule has 0 amide bonds. The first-order valence-electron chi connectivity index (χ1n) is 5.81. The molecule has 0 fully saturated rings. The van der Waals surface area contributed by atoms with Crippen LogP contribution in [0.5, 0.6) is 5.75 Å². The largest absolute Gasteiger partial charge is 0.508 e. The second-order valence-corrected chi connectivity index (χ2v) is 4.74. The molecule has 0 saturated carbocycles. The van der Waals surface area contributed by atoms with Crippen LogP contribution in [0.1, 0.15) is 32.4 Å². The van der Waals surface area contributed by atoms with Crippen molar-refractivity contribution >= 4 is 16.7 Å². The van der Waals surface area contributed by atoms with E-state index in [9.17, 15) is 9.90 Å². The van der Waals surface area contributed by atoms with Gasteiger partial charge in [-0.1, -0.05) is 0 Å². The van der Waals surface area contributed by atoms with E-state index in [1.807, 2.05) is 12.3 Å². The highest BCUT2D eigenvalue weighted by atomic mass is 16.3. The molecule has 3 nitrogen and oxygen atoms in total. The number of ketones is 1. The van der Waals surface area contributed by atoms with Gasteiger partial charge in [-0.15, -0.1) is 0 Å². The Kier molecular flexibility index (Phi) is 2.92. The van der Waals surface area contributed by atoms with E-state index in [-0.39, 0.29) is 11.5 Å². The number of benzene rings is 1. The molecule has 0 aliphatic carbocycles. The molecule has 0 spiro atoms. The summed E-state index contributed by atoms with van der Waals surface area (Å²) >= 11 is 0. The van der Waals surface area contributed by atoms with Crippen LogP contribution in [0.2, 0.25) is 0 Å². The second kappa shape index (κ2) is 4.24. The molecule has 0 bridgehead atoms. The standard InChI is InChI=1S/C14H17NO2/c1-9(2)15-8-11(6-10(3)16)13-7-12(17)4-5-14(13)15/h4-5,7-9,17H,6H2,1-3H3. The minimum absolute atomic E-state index is 0.135. The third-order valence-electron chi connectivity index (χ3n) is 2.89. The van der Waals surface area contributed by atoms with E-state index in [0.29, 0.717) is 12.5 Å². The van der Waals surface area contributed by atoms with Crippen molar-refractivity contribution < 1.29 is 9.90 Å². The van der Waals surface area contributed by atoms with Gasteiger partial charge in [0.15, 0.2) is 0 Å². The Bertz CT molecular complexity index is 567. The predicted octanol–water partition coefficient (Wildman–Crippen LogP) is 3.06. The van der Waals surface area contributed by atoms with E-state index < -0.39 is 0 Å². The molecule has 90 valence electrons. The van der Waals surface area contributed by atoms with E-state index in [2.05, 4.69) is 18.4 Å². The lowest BCUT2D eigenvalue weighted by Gasteiger charge is -2.08. The molecule has 1 N–H and O–H groups in total. The highest BCUT2D eigenvalue weighted by Crippen LogP contribution is 2.28. The maximum Gasteiger partial charge on any atom is 0.134 e. The van der Waals surface area contributed by atoms with E-state index in [4.69, 9.17) is 0 Å². The van der Waals surface area contributed by atoms with Gasteiger partial charge in [-0.3, -0.25) is 4.79 Å². The minimum Gasteiger partial charge on any atom is -0.508 e. The van der Waals surface area contributed by atoms with Gasteiger partial charge in [0.25, 0.3) is 0 Å². The number of hydrogen-bond donors (Lipinski definition) is 1. The first-order valence-corrected chi connectivity index (χ1v) is 5.81. The number of fused-ring (bicyclic) bond motifs is 1. The first-order chi connectivity index (χ1) is 7.99. The van der Waals surface area contributed by atoms with Crippen molar-refractivity contribution in [3.63, 3.8) is 0 Å². The number of Topliss-reactive ketones (excluding diaryl/α,β-unsaturated/α-hetero) is 1. The number of aromatic hydroxyl groups is 1. The fourth-order valence-electron chi connectivity index (χ4n) is 2.15. The SMILES string of the molecule is CC(=O)Cc1cn(C(C)C)c2ccc(O)cc12. The van der Waals surface area contributed by atoms with Gasteiger partial charge >= 0.3 is 0 Å². The lowest BCUT2D eigenvalue weighted by Crippen LogP contribution is -1.98. The van der Waals surface area contributed by atoms with Crippen LogP contribution in [-0.2, 0) is 11.2 Å². The summed E-state index contributed by atoms with van der Waals surface area (Å²) in [6.45, 7) is 5.79. The number of carbonyl (C=O) groups excluding carboxylic acids is 1. The average Bonchev–Trinajstić information content (AvgIpc) is 2.56. The van der Waals surface area contributed by atoms with Gasteiger partial charge in [-0.2, -0.15) is 0 Å². The van der Waals surface area contributed by atoms with Gasteiger partial charge in [-0.25, -0.2) is 0 Å². The molecule has 1 aromatic carbocycles. The van der Waals surface area contributed by atoms with Crippen molar-refractivity contribution in [3.05, 3.63) is 30.0 Å². The molecule has 0 saturated heterocycles. The second-order valence-electron chi connectivity index (χ2n) is 4.74. The number of phenols is 1. The van der Waals surface area contributed by atoms with Crippen LogP contribution in [0.25, 0.3) is 10.9 Å². The van der Waals surface area contributed by atoms with Crippen LogP contribution in [0.15, 0.2) is 24.4 Å². The number of nitrogens with zero attached hydrogens (tertiary/aromatic N) is 1. The van der Waals surface area contributed by atoms with Crippen LogP contribution >= 0.6 is 0 Å². The summed E-state index contributed by atoms with van der Waals surface area (Å²) in [5.41, 5.74) is 2.05. The highest BCUT2D eigenvalue weighted by Gasteiger charge is 2.12. The third-order valence-corrected chi connectivity index (χ3v) is 2.89. The molecule has 0 unspecified atom stereocenters. The number of phenolic OH excluding ortho intramolecular Hbond substituents is 1. The summed E-state index contributed by atoms with van der Waals surface area (Å²) in [5.74, 6) is 0.375. The number of hydrogen-bond acceptors (Lipinski definition) is 2. The van der Waals surface area contributed by atoms with Gasteiger partial charge in [-0.05, 0) is 44.5 Å². The molecular formula is C14H17NO2. The molecule has 0 radical (unpaired) electrons. The molecule has 0 aliphatic heterocycles. The Hall–Kier alpha value is -1.77. The van der Waals surface area contributed by atoms with Crippen LogP contribution in [0, 0.1) is 0 Å². The third kappa shape index (κ3) is 2.18. The normalized spacial score (nSPS) is 11.3. The Morgan fingerprint density at radius 2 is 2.12 bits per heavy atom. The van der Waals surface area contributed by atoms with E-state index >= 15 is 0 Å². The zero-order chi connectivity index (χ0) is 12.6. The van der Waals surface area contributed by atoms with E-state index in [0.717, 1.165) is 16.5 Å². The van der Waals surface area contributed by atoms with Crippen molar-refractivity contribution in [1.82, 2.24) is 4.57 Å². The summed E-state index contributed by atoms with van der Waals surface area (Å²) in [5, 5.41) is 10.5. The molecule has 0 aliphatic rings. The van der Waals surface area contributed by atoms with Gasteiger partial charge < -0.3 is 9.67 Å². The zero-order valence-corrected chi connectivity index (χ0v) is 10.4. The summed E-state index contributed by atoms with van der Waals surface area (Å²) < 4.78 is 2.13. The molecule has 2 rings (SSSR count). The lowest BCUT2D eigenvalue weighted by atomic mass is 10.1. The van der Waals surface area contributed by atoms with Gasteiger partial charge in [0, 0.05) is 29.6 Å². The molecule has 0 atom stereocenters. The fourth-order valence-corrected chi connectivity index (χ4v) is 2.15. The maximum absolute atomic E-state index is 11.2. The first kappa shape index (κ1) is 11.7. The summed E-state index contributed by atoms with van der Waals surface area (Å²) in [6.07, 6.45) is 2.43. The molecule has 3 heteroatoms. The van der Waals surface area contributed by atoms with Crippen LogP contribution in [0.4, 0.5) is 0 Å². The van der Waals surface area contributed by atoms with Crippen molar-refractivity contribution in [2.24, 2.45) is 0 Å². The van der Waals surface area contributed by atoms with Crippen LogP contribution in [-0.4, -0.2) is 15.5 Å². The summed E-state index contributed by atoms with van der Waals surface area (Å²) in [6, 6.07) is 5.64. The molecule has 2 aromatic rings. The molecule has 17 heavy (non-hydrogen) atoms. The van der Waals surface area contributed by atoms with Gasteiger partial charge in [0.05, 0.1) is 0 Å².